The van der Waals surface area contributed by atoms with Crippen LogP contribution in [0.1, 0.15) is 20.8 Å². The summed E-state index contributed by atoms with van der Waals surface area (Å²) in [5, 5.41) is 7.41. The predicted octanol–water partition coefficient (Wildman–Crippen LogP) is 0.599. The predicted molar refractivity (Wildman–Crippen MR) is 75.0 cm³/mol. The molecular weight excluding hydrogens is 228 g/mol. The van der Waals surface area contributed by atoms with Crippen LogP contribution < -0.4 is 5.73 Å². The summed E-state index contributed by atoms with van der Waals surface area (Å²) in [6.45, 7) is 11.0. The normalized spacial score (nSPS) is 23.6. The van der Waals surface area contributed by atoms with Gasteiger partial charge in [-0.1, -0.05) is 6.92 Å². The number of amidine groups is 1. The molecule has 0 aliphatic carbocycles. The van der Waals surface area contributed by atoms with Gasteiger partial charge in [0.05, 0.1) is 18.5 Å². The number of morpholine rings is 1. The highest BCUT2D eigenvalue weighted by molar-refractivity contribution is 5.79. The van der Waals surface area contributed by atoms with Crippen LogP contribution >= 0.6 is 0 Å². The van der Waals surface area contributed by atoms with Crippen LogP contribution in [-0.2, 0) is 4.74 Å². The Kier molecular flexibility index (Phi) is 6.05. The van der Waals surface area contributed by atoms with E-state index in [-0.39, 0.29) is 17.9 Å². The fourth-order valence-corrected chi connectivity index (χ4v) is 2.31. The molecule has 0 aromatic rings. The summed E-state index contributed by atoms with van der Waals surface area (Å²) in [5.41, 5.74) is 5.50. The van der Waals surface area contributed by atoms with Crippen molar-refractivity contribution in [2.75, 3.05) is 39.8 Å². The Morgan fingerprint density at radius 2 is 2.17 bits per heavy atom. The summed E-state index contributed by atoms with van der Waals surface area (Å²) in [7, 11) is 2.07. The average molecular weight is 256 g/mol. The summed E-state index contributed by atoms with van der Waals surface area (Å²) >= 11 is 0. The minimum absolute atomic E-state index is 0.111. The van der Waals surface area contributed by atoms with Gasteiger partial charge in [0.2, 0.25) is 0 Å². The van der Waals surface area contributed by atoms with E-state index in [1.807, 2.05) is 6.92 Å². The highest BCUT2D eigenvalue weighted by Gasteiger charge is 2.23. The maximum absolute atomic E-state index is 7.41. The third-order valence-corrected chi connectivity index (χ3v) is 3.53. The molecule has 0 saturated carbocycles. The Morgan fingerprint density at radius 3 is 2.72 bits per heavy atom. The lowest BCUT2D eigenvalue weighted by Crippen LogP contribution is -2.49. The molecule has 106 valence electrons. The number of nitrogens with one attached hydrogen (secondary N) is 1. The zero-order valence-corrected chi connectivity index (χ0v) is 12.1. The molecular formula is C13H28N4O. The Balaban J connectivity index is 2.35. The third-order valence-electron chi connectivity index (χ3n) is 3.53. The first-order valence-electron chi connectivity index (χ1n) is 6.78. The molecule has 0 spiro atoms. The minimum Gasteiger partial charge on any atom is -0.387 e. The zero-order valence-electron chi connectivity index (χ0n) is 12.1. The number of hydrogen-bond acceptors (Lipinski definition) is 4. The van der Waals surface area contributed by atoms with Crippen molar-refractivity contribution in [3.63, 3.8) is 0 Å². The van der Waals surface area contributed by atoms with Gasteiger partial charge in [-0.05, 0) is 20.9 Å². The molecule has 2 atom stereocenters. The largest absolute Gasteiger partial charge is 0.387 e. The molecule has 0 radical (unpaired) electrons. The van der Waals surface area contributed by atoms with Crippen molar-refractivity contribution in [3.05, 3.63) is 0 Å². The monoisotopic (exact) mass is 256 g/mol. The van der Waals surface area contributed by atoms with Gasteiger partial charge in [0.25, 0.3) is 0 Å². The van der Waals surface area contributed by atoms with Crippen LogP contribution in [-0.4, -0.2) is 67.6 Å². The molecule has 1 fully saturated rings. The van der Waals surface area contributed by atoms with E-state index in [2.05, 4.69) is 30.7 Å². The Bertz CT molecular complexity index is 270. The summed E-state index contributed by atoms with van der Waals surface area (Å²) in [6, 6.07) is 0.581. The van der Waals surface area contributed by atoms with Crippen molar-refractivity contribution in [2.45, 2.75) is 32.9 Å². The molecule has 1 saturated heterocycles. The van der Waals surface area contributed by atoms with Gasteiger partial charge in [-0.3, -0.25) is 10.3 Å². The molecule has 3 N–H and O–H groups in total. The lowest BCUT2D eigenvalue weighted by molar-refractivity contribution is -0.0499. The van der Waals surface area contributed by atoms with Crippen LogP contribution in [0.5, 0.6) is 0 Å². The molecule has 2 unspecified atom stereocenters. The fraction of sp³-hybridized carbons (Fsp3) is 0.923. The topological polar surface area (TPSA) is 65.6 Å². The highest BCUT2D eigenvalue weighted by atomic mass is 16.5. The first-order valence-corrected chi connectivity index (χ1v) is 6.78. The van der Waals surface area contributed by atoms with Crippen LogP contribution in [0.25, 0.3) is 0 Å². The third kappa shape index (κ3) is 4.92. The number of nitrogens with two attached hydrogens (primary N) is 1. The van der Waals surface area contributed by atoms with Gasteiger partial charge < -0.3 is 15.4 Å². The number of likely N-dealkylation sites (N-methyl/N-ethyl adjacent to an activating group) is 1. The van der Waals surface area contributed by atoms with Gasteiger partial charge in [0.15, 0.2) is 0 Å². The molecule has 0 aromatic carbocycles. The maximum Gasteiger partial charge on any atom is 0.0947 e. The second-order valence-electron chi connectivity index (χ2n) is 5.66. The van der Waals surface area contributed by atoms with Crippen LogP contribution in [0.2, 0.25) is 0 Å². The average Bonchev–Trinajstić information content (AvgIpc) is 2.28. The van der Waals surface area contributed by atoms with Gasteiger partial charge in [0, 0.05) is 38.1 Å². The van der Waals surface area contributed by atoms with E-state index in [0.717, 1.165) is 32.8 Å². The molecule has 5 nitrogen and oxygen atoms in total. The fourth-order valence-electron chi connectivity index (χ4n) is 2.31. The van der Waals surface area contributed by atoms with Gasteiger partial charge in [-0.15, -0.1) is 0 Å². The molecule has 0 bridgehead atoms. The van der Waals surface area contributed by atoms with E-state index in [4.69, 9.17) is 15.9 Å². The second kappa shape index (κ2) is 7.07. The molecule has 1 heterocycles. The highest BCUT2D eigenvalue weighted by Crippen LogP contribution is 2.10. The number of rotatable bonds is 6. The molecule has 1 rings (SSSR count). The first-order chi connectivity index (χ1) is 8.40. The molecule has 18 heavy (non-hydrogen) atoms. The molecule has 0 amide bonds. The Labute approximate surface area is 111 Å². The second-order valence-corrected chi connectivity index (χ2v) is 5.66. The summed E-state index contributed by atoms with van der Waals surface area (Å²) < 4.78 is 5.80. The number of ether oxygens (including phenoxy) is 1. The van der Waals surface area contributed by atoms with Crippen LogP contribution in [0.15, 0.2) is 0 Å². The van der Waals surface area contributed by atoms with E-state index < -0.39 is 0 Å². The minimum atomic E-state index is 0.111. The Morgan fingerprint density at radius 1 is 1.50 bits per heavy atom. The van der Waals surface area contributed by atoms with Crippen molar-refractivity contribution < 1.29 is 4.74 Å². The van der Waals surface area contributed by atoms with Crippen LogP contribution in [0.3, 0.4) is 0 Å². The standard InChI is InChI=1S/C13H28N4O/c1-10(2)17-5-6-18-12(9-17)8-16(4)7-11(3)13(14)15/h10-12H,5-9H2,1-4H3,(H3,14,15). The molecule has 1 aliphatic rings. The van der Waals surface area contributed by atoms with Crippen molar-refractivity contribution in [1.82, 2.24) is 9.80 Å². The maximum atomic E-state index is 7.41. The molecule has 1 aliphatic heterocycles. The first kappa shape index (κ1) is 15.4. The smallest absolute Gasteiger partial charge is 0.0947 e. The summed E-state index contributed by atoms with van der Waals surface area (Å²) in [5.74, 6) is 0.370. The van der Waals surface area contributed by atoms with Crippen molar-refractivity contribution in [2.24, 2.45) is 11.7 Å². The van der Waals surface area contributed by atoms with Crippen molar-refractivity contribution >= 4 is 5.84 Å². The van der Waals surface area contributed by atoms with Gasteiger partial charge in [-0.25, -0.2) is 0 Å². The Hall–Kier alpha value is -0.650. The zero-order chi connectivity index (χ0) is 13.7. The summed E-state index contributed by atoms with van der Waals surface area (Å²) in [6.07, 6.45) is 0.269. The van der Waals surface area contributed by atoms with E-state index in [9.17, 15) is 0 Å². The van der Waals surface area contributed by atoms with E-state index in [1.165, 1.54) is 0 Å². The molecule has 0 aromatic heterocycles. The van der Waals surface area contributed by atoms with Crippen molar-refractivity contribution in [3.8, 4) is 0 Å². The van der Waals surface area contributed by atoms with Crippen LogP contribution in [0.4, 0.5) is 0 Å². The van der Waals surface area contributed by atoms with E-state index in [1.54, 1.807) is 0 Å². The number of nitrogens with zero attached hydrogens (tertiary/aromatic N) is 2. The van der Waals surface area contributed by atoms with Gasteiger partial charge in [-0.2, -0.15) is 0 Å². The van der Waals surface area contributed by atoms with Crippen molar-refractivity contribution in [1.29, 1.82) is 5.41 Å². The lowest BCUT2D eigenvalue weighted by atomic mass is 10.1. The SMILES string of the molecule is CC(CN(C)CC1CN(C(C)C)CCO1)C(=N)N. The molecule has 5 heteroatoms. The van der Waals surface area contributed by atoms with Gasteiger partial charge >= 0.3 is 0 Å². The number of hydrogen-bond donors (Lipinski definition) is 2. The van der Waals surface area contributed by atoms with E-state index in [0.29, 0.717) is 6.04 Å². The quantitative estimate of drug-likeness (QED) is 0.539. The lowest BCUT2D eigenvalue weighted by Gasteiger charge is -2.37. The van der Waals surface area contributed by atoms with Crippen LogP contribution in [0, 0.1) is 11.3 Å². The summed E-state index contributed by atoms with van der Waals surface area (Å²) in [4.78, 5) is 4.66. The van der Waals surface area contributed by atoms with E-state index >= 15 is 0 Å². The van der Waals surface area contributed by atoms with Gasteiger partial charge in [0.1, 0.15) is 0 Å².